The van der Waals surface area contributed by atoms with Crippen molar-refractivity contribution in [2.75, 3.05) is 0 Å². The maximum Gasteiger partial charge on any atom is 0.335 e. The van der Waals surface area contributed by atoms with E-state index in [0.29, 0.717) is 23.4 Å². The van der Waals surface area contributed by atoms with Gasteiger partial charge in [0.25, 0.3) is 5.56 Å². The first-order valence-corrected chi connectivity index (χ1v) is 6.17. The summed E-state index contributed by atoms with van der Waals surface area (Å²) in [5.41, 5.74) is 1.71. The molecule has 1 aromatic carbocycles. The van der Waals surface area contributed by atoms with Crippen LogP contribution in [0.2, 0.25) is 0 Å². The molecule has 0 unspecified atom stereocenters. The number of aromatic nitrogens is 3. The van der Waals surface area contributed by atoms with Crippen LogP contribution in [0, 0.1) is 6.92 Å². The molecule has 3 aromatic rings. The first kappa shape index (κ1) is 14.2. The average Bonchev–Trinajstić information content (AvgIpc) is 2.45. The minimum absolute atomic E-state index is 0. The summed E-state index contributed by atoms with van der Waals surface area (Å²) in [5.74, 6) is 0.712. The van der Waals surface area contributed by atoms with Crippen molar-refractivity contribution in [3.05, 3.63) is 70.4 Å². The lowest BCUT2D eigenvalue weighted by atomic mass is 10.2. The SMILES string of the molecule is Cc1nc2[nH+]cccc2c(=O)n1Cc1ccccc1.[Cl-]. The molecule has 0 aliphatic heterocycles. The Balaban J connectivity index is 0.00000147. The van der Waals surface area contributed by atoms with Crippen molar-refractivity contribution in [3.8, 4) is 0 Å². The van der Waals surface area contributed by atoms with Crippen LogP contribution in [-0.4, -0.2) is 9.55 Å². The smallest absolute Gasteiger partial charge is 0.335 e. The van der Waals surface area contributed by atoms with E-state index in [9.17, 15) is 4.79 Å². The largest absolute Gasteiger partial charge is 1.00 e. The van der Waals surface area contributed by atoms with Crippen molar-refractivity contribution in [1.82, 2.24) is 9.55 Å². The summed E-state index contributed by atoms with van der Waals surface area (Å²) in [4.78, 5) is 19.9. The van der Waals surface area contributed by atoms with Gasteiger partial charge >= 0.3 is 5.65 Å². The molecule has 0 amide bonds. The van der Waals surface area contributed by atoms with Gasteiger partial charge in [0.1, 0.15) is 5.39 Å². The molecule has 0 spiro atoms. The van der Waals surface area contributed by atoms with Gasteiger partial charge in [0, 0.05) is 6.92 Å². The Hall–Kier alpha value is -2.20. The van der Waals surface area contributed by atoms with Crippen LogP contribution in [0.4, 0.5) is 0 Å². The third-order valence-corrected chi connectivity index (χ3v) is 3.16. The Morgan fingerprint density at radius 2 is 1.90 bits per heavy atom. The van der Waals surface area contributed by atoms with Gasteiger partial charge in [-0.2, -0.15) is 0 Å². The standard InChI is InChI=1S/C15H13N3O.ClH/c1-11-17-14-13(8-5-9-16-14)15(19)18(11)10-12-6-3-2-4-7-12;/h2-9H,10H2,1H3;1H. The molecule has 0 saturated heterocycles. The summed E-state index contributed by atoms with van der Waals surface area (Å²) in [6.45, 7) is 2.40. The third-order valence-electron chi connectivity index (χ3n) is 3.16. The van der Waals surface area contributed by atoms with Gasteiger partial charge in [0.15, 0.2) is 0 Å². The van der Waals surface area contributed by atoms with Crippen LogP contribution in [-0.2, 0) is 6.54 Å². The van der Waals surface area contributed by atoms with Gasteiger partial charge in [-0.25, -0.2) is 4.98 Å². The van der Waals surface area contributed by atoms with E-state index in [1.807, 2.05) is 43.3 Å². The van der Waals surface area contributed by atoms with Gasteiger partial charge in [-0.1, -0.05) is 30.3 Å². The molecule has 0 aliphatic rings. The summed E-state index contributed by atoms with van der Waals surface area (Å²) in [6, 6.07) is 13.5. The number of halogens is 1. The van der Waals surface area contributed by atoms with Crippen LogP contribution in [0.1, 0.15) is 11.4 Å². The maximum atomic E-state index is 12.5. The van der Waals surface area contributed by atoms with Crippen molar-refractivity contribution < 1.29 is 17.4 Å². The molecule has 0 bridgehead atoms. The molecule has 2 heterocycles. The zero-order chi connectivity index (χ0) is 13.2. The minimum atomic E-state index is -0.0109. The summed E-state index contributed by atoms with van der Waals surface area (Å²) in [6.07, 6.45) is 1.77. The Morgan fingerprint density at radius 1 is 1.15 bits per heavy atom. The van der Waals surface area contributed by atoms with E-state index in [0.717, 1.165) is 5.56 Å². The molecule has 0 fully saturated rings. The number of benzene rings is 1. The second-order valence-corrected chi connectivity index (χ2v) is 4.47. The summed E-state index contributed by atoms with van der Waals surface area (Å²) in [7, 11) is 0. The second kappa shape index (κ2) is 5.84. The fourth-order valence-electron chi connectivity index (χ4n) is 2.16. The first-order valence-electron chi connectivity index (χ1n) is 6.17. The fraction of sp³-hybridized carbons (Fsp3) is 0.133. The van der Waals surface area contributed by atoms with Crippen LogP contribution in [0.25, 0.3) is 11.0 Å². The molecule has 2 aromatic heterocycles. The van der Waals surface area contributed by atoms with Crippen LogP contribution in [0.15, 0.2) is 53.5 Å². The number of nitrogens with one attached hydrogen (secondary N) is 1. The minimum Gasteiger partial charge on any atom is -1.00 e. The van der Waals surface area contributed by atoms with Crippen LogP contribution < -0.4 is 23.0 Å². The van der Waals surface area contributed by atoms with E-state index < -0.39 is 0 Å². The topological polar surface area (TPSA) is 49.0 Å². The summed E-state index contributed by atoms with van der Waals surface area (Å²) < 4.78 is 1.70. The molecular weight excluding hydrogens is 274 g/mol. The maximum absolute atomic E-state index is 12.5. The van der Waals surface area contributed by atoms with Gasteiger partial charge in [-0.3, -0.25) is 9.36 Å². The highest BCUT2D eigenvalue weighted by Crippen LogP contribution is 2.05. The molecule has 0 aliphatic carbocycles. The lowest BCUT2D eigenvalue weighted by Crippen LogP contribution is -3.00. The predicted octanol–water partition coefficient (Wildman–Crippen LogP) is -1.43. The normalized spacial score (nSPS) is 10.2. The molecule has 0 saturated carbocycles. The van der Waals surface area contributed by atoms with E-state index in [4.69, 9.17) is 0 Å². The van der Waals surface area contributed by atoms with E-state index >= 15 is 0 Å². The Kier molecular flexibility index (Phi) is 4.15. The lowest BCUT2D eigenvalue weighted by molar-refractivity contribution is -0.347. The first-order chi connectivity index (χ1) is 9.25. The molecule has 0 radical (unpaired) electrons. The highest BCUT2D eigenvalue weighted by atomic mass is 35.5. The van der Waals surface area contributed by atoms with Gasteiger partial charge in [-0.15, -0.1) is 0 Å². The van der Waals surface area contributed by atoms with Crippen molar-refractivity contribution >= 4 is 11.0 Å². The quantitative estimate of drug-likeness (QED) is 0.580. The second-order valence-electron chi connectivity index (χ2n) is 4.47. The number of aryl methyl sites for hydroxylation is 1. The molecule has 1 N–H and O–H groups in total. The van der Waals surface area contributed by atoms with Gasteiger partial charge in [0.2, 0.25) is 5.82 Å². The van der Waals surface area contributed by atoms with Crippen molar-refractivity contribution in [1.29, 1.82) is 0 Å². The number of hydrogen-bond acceptors (Lipinski definition) is 2. The molecule has 0 atom stereocenters. The number of hydrogen-bond donors (Lipinski definition) is 0. The monoisotopic (exact) mass is 287 g/mol. The number of fused-ring (bicyclic) bond motifs is 1. The Morgan fingerprint density at radius 3 is 2.65 bits per heavy atom. The van der Waals surface area contributed by atoms with E-state index in [2.05, 4.69) is 9.97 Å². The zero-order valence-corrected chi connectivity index (χ0v) is 11.8. The lowest BCUT2D eigenvalue weighted by Gasteiger charge is -2.06. The van der Waals surface area contributed by atoms with Crippen LogP contribution >= 0.6 is 0 Å². The molecule has 5 heteroatoms. The molecule has 102 valence electrons. The number of nitrogens with zero attached hydrogens (tertiary/aromatic N) is 2. The van der Waals surface area contributed by atoms with E-state index in [-0.39, 0.29) is 18.0 Å². The van der Waals surface area contributed by atoms with Crippen molar-refractivity contribution in [2.45, 2.75) is 13.5 Å². The Bertz CT molecular complexity index is 784. The molecule has 3 rings (SSSR count). The number of pyridine rings is 1. The van der Waals surface area contributed by atoms with E-state index in [1.54, 1.807) is 16.8 Å². The van der Waals surface area contributed by atoms with E-state index in [1.165, 1.54) is 0 Å². The summed E-state index contributed by atoms with van der Waals surface area (Å²) >= 11 is 0. The highest BCUT2D eigenvalue weighted by molar-refractivity contribution is 5.69. The van der Waals surface area contributed by atoms with Crippen molar-refractivity contribution in [2.24, 2.45) is 0 Å². The highest BCUT2D eigenvalue weighted by Gasteiger charge is 2.14. The number of H-pyrrole nitrogens is 1. The summed E-state index contributed by atoms with van der Waals surface area (Å²) in [5, 5.41) is 0.615. The molecule has 20 heavy (non-hydrogen) atoms. The predicted molar refractivity (Wildman–Crippen MR) is 72.8 cm³/mol. The third kappa shape index (κ3) is 2.56. The number of rotatable bonds is 2. The number of aromatic amines is 1. The average molecular weight is 288 g/mol. The fourth-order valence-corrected chi connectivity index (χ4v) is 2.16. The van der Waals surface area contributed by atoms with Gasteiger partial charge < -0.3 is 12.4 Å². The van der Waals surface area contributed by atoms with Crippen LogP contribution in [0.3, 0.4) is 0 Å². The zero-order valence-electron chi connectivity index (χ0n) is 11.0. The van der Waals surface area contributed by atoms with Gasteiger partial charge in [0.05, 0.1) is 12.7 Å². The molecular formula is C15H14ClN3O. The van der Waals surface area contributed by atoms with Crippen molar-refractivity contribution in [3.63, 3.8) is 0 Å². The van der Waals surface area contributed by atoms with Gasteiger partial charge in [-0.05, 0) is 22.7 Å². The molecule has 4 nitrogen and oxygen atoms in total. The Labute approximate surface area is 122 Å². The van der Waals surface area contributed by atoms with Crippen LogP contribution in [0.5, 0.6) is 0 Å².